The van der Waals surface area contributed by atoms with Crippen LogP contribution in [0.4, 0.5) is 17.6 Å². The minimum absolute atomic E-state index is 0.246. The second kappa shape index (κ2) is 5.31. The molecule has 0 amide bonds. The van der Waals surface area contributed by atoms with Crippen molar-refractivity contribution in [2.45, 2.75) is 19.5 Å². The van der Waals surface area contributed by atoms with Crippen LogP contribution in [0.15, 0.2) is 0 Å². The maximum Gasteiger partial charge on any atom is 0.411 e. The van der Waals surface area contributed by atoms with Gasteiger partial charge in [0.2, 0.25) is 6.36 Å². The van der Waals surface area contributed by atoms with Gasteiger partial charge in [0.05, 0.1) is 0 Å². The number of alkyl halides is 4. The van der Waals surface area contributed by atoms with Gasteiger partial charge in [-0.25, -0.2) is 4.39 Å². The Labute approximate surface area is 67.5 Å². The molecule has 1 atom stereocenters. The van der Waals surface area contributed by atoms with Gasteiger partial charge >= 0.3 is 6.18 Å². The number of ether oxygens (including phenoxy) is 2. The molecule has 0 spiro atoms. The van der Waals surface area contributed by atoms with Gasteiger partial charge in [0.15, 0.2) is 0 Å². The van der Waals surface area contributed by atoms with E-state index in [1.807, 2.05) is 0 Å². The number of hydrogen-bond donors (Lipinski definition) is 0. The Morgan fingerprint density at radius 1 is 1.33 bits per heavy atom. The minimum Gasteiger partial charge on any atom is -0.376 e. The van der Waals surface area contributed by atoms with Gasteiger partial charge in [0.1, 0.15) is 13.2 Å². The largest absolute Gasteiger partial charge is 0.411 e. The first-order valence-corrected chi connectivity index (χ1v) is 3.36. The summed E-state index contributed by atoms with van der Waals surface area (Å²) in [6.45, 7) is -0.194. The zero-order valence-corrected chi connectivity index (χ0v) is 6.53. The fraction of sp³-hybridized carbons (Fsp3) is 1.00. The Kier molecular flexibility index (Phi) is 5.16. The predicted octanol–water partition coefficient (Wildman–Crippen LogP) is 1.90. The highest BCUT2D eigenvalue weighted by Crippen LogP contribution is 2.15. The van der Waals surface area contributed by atoms with Crippen LogP contribution in [0, 0.1) is 0 Å². The molecule has 0 heterocycles. The molecule has 0 bridgehead atoms. The lowest BCUT2D eigenvalue weighted by atomic mass is 10.6. The molecular weight excluding hydrogens is 180 g/mol. The molecule has 0 saturated heterocycles. The first kappa shape index (κ1) is 11.6. The van der Waals surface area contributed by atoms with Crippen LogP contribution in [0.1, 0.15) is 6.92 Å². The fourth-order valence-electron chi connectivity index (χ4n) is 0.444. The summed E-state index contributed by atoms with van der Waals surface area (Å²) in [5, 5.41) is 0. The zero-order valence-electron chi connectivity index (χ0n) is 6.53. The second-order valence-electron chi connectivity index (χ2n) is 2.00. The monoisotopic (exact) mass is 190 g/mol. The van der Waals surface area contributed by atoms with Gasteiger partial charge in [0, 0.05) is 6.61 Å². The summed E-state index contributed by atoms with van der Waals surface area (Å²) < 4.78 is 54.8. The molecule has 0 fully saturated rings. The summed E-state index contributed by atoms with van der Waals surface area (Å²) in [5.41, 5.74) is 0. The molecule has 0 N–H and O–H groups in total. The van der Waals surface area contributed by atoms with E-state index in [0.29, 0.717) is 0 Å². The average Bonchev–Trinajstić information content (AvgIpc) is 1.95. The van der Waals surface area contributed by atoms with Crippen LogP contribution >= 0.6 is 0 Å². The van der Waals surface area contributed by atoms with Crippen molar-refractivity contribution >= 4 is 0 Å². The van der Waals surface area contributed by atoms with Crippen molar-refractivity contribution in [3.63, 3.8) is 0 Å². The normalized spacial score (nSPS) is 14.8. The predicted molar refractivity (Wildman–Crippen MR) is 33.4 cm³/mol. The molecular formula is C6H10F4O2. The van der Waals surface area contributed by atoms with Gasteiger partial charge in [-0.15, -0.1) is 0 Å². The highest BCUT2D eigenvalue weighted by molar-refractivity contribution is 4.47. The third kappa shape index (κ3) is 7.74. The molecule has 0 aliphatic carbocycles. The molecule has 0 aromatic rings. The maximum absolute atomic E-state index is 12.3. The van der Waals surface area contributed by atoms with Gasteiger partial charge in [-0.1, -0.05) is 0 Å². The highest BCUT2D eigenvalue weighted by atomic mass is 19.4. The molecule has 0 aliphatic heterocycles. The van der Waals surface area contributed by atoms with E-state index in [9.17, 15) is 17.6 Å². The first-order chi connectivity index (χ1) is 5.45. The number of hydrogen-bond acceptors (Lipinski definition) is 2. The van der Waals surface area contributed by atoms with Gasteiger partial charge in [-0.05, 0) is 6.92 Å². The van der Waals surface area contributed by atoms with Crippen molar-refractivity contribution in [3.8, 4) is 0 Å². The molecule has 2 nitrogen and oxygen atoms in total. The molecule has 0 radical (unpaired) electrons. The summed E-state index contributed by atoms with van der Waals surface area (Å²) in [4.78, 5) is 0. The molecule has 0 aliphatic rings. The van der Waals surface area contributed by atoms with Crippen LogP contribution in [-0.2, 0) is 9.47 Å². The lowest BCUT2D eigenvalue weighted by Gasteiger charge is -2.11. The fourth-order valence-corrected chi connectivity index (χ4v) is 0.444. The number of rotatable bonds is 5. The summed E-state index contributed by atoms with van der Waals surface area (Å²) in [6, 6.07) is 0. The smallest absolute Gasteiger partial charge is 0.376 e. The first-order valence-electron chi connectivity index (χ1n) is 3.36. The van der Waals surface area contributed by atoms with E-state index in [4.69, 9.17) is 0 Å². The zero-order chi connectivity index (χ0) is 9.61. The minimum atomic E-state index is -4.49. The van der Waals surface area contributed by atoms with Crippen molar-refractivity contribution in [2.75, 3.05) is 19.8 Å². The SMILES string of the molecule is CCOCC(F)OCC(F)(F)F. The Bertz CT molecular complexity index is 115. The van der Waals surface area contributed by atoms with Crippen LogP contribution in [0.5, 0.6) is 0 Å². The van der Waals surface area contributed by atoms with Crippen molar-refractivity contribution in [1.82, 2.24) is 0 Å². The third-order valence-corrected chi connectivity index (χ3v) is 0.881. The standard InChI is InChI=1S/C6H10F4O2/c1-2-11-3-5(7)12-4-6(8,9)10/h5H,2-4H2,1H3. The molecule has 0 saturated carbocycles. The molecule has 6 heteroatoms. The van der Waals surface area contributed by atoms with Crippen molar-refractivity contribution in [1.29, 1.82) is 0 Å². The summed E-state index contributed by atoms with van der Waals surface area (Å²) in [5.74, 6) is 0. The van der Waals surface area contributed by atoms with E-state index in [1.54, 1.807) is 6.92 Å². The van der Waals surface area contributed by atoms with E-state index in [-0.39, 0.29) is 6.61 Å². The topological polar surface area (TPSA) is 18.5 Å². The molecule has 0 aromatic heterocycles. The van der Waals surface area contributed by atoms with Crippen molar-refractivity contribution in [2.24, 2.45) is 0 Å². The summed E-state index contributed by atoms with van der Waals surface area (Å²) >= 11 is 0. The van der Waals surface area contributed by atoms with Crippen LogP contribution in [-0.4, -0.2) is 32.4 Å². The van der Waals surface area contributed by atoms with Gasteiger partial charge in [-0.2, -0.15) is 13.2 Å². The molecule has 12 heavy (non-hydrogen) atoms. The van der Waals surface area contributed by atoms with Crippen molar-refractivity contribution < 1.29 is 27.0 Å². The van der Waals surface area contributed by atoms with Gasteiger partial charge < -0.3 is 9.47 Å². The highest BCUT2D eigenvalue weighted by Gasteiger charge is 2.29. The van der Waals surface area contributed by atoms with E-state index < -0.39 is 25.7 Å². The number of halogens is 4. The van der Waals surface area contributed by atoms with E-state index >= 15 is 0 Å². The molecule has 0 aromatic carbocycles. The molecule has 74 valence electrons. The maximum atomic E-state index is 12.3. The Morgan fingerprint density at radius 2 is 1.92 bits per heavy atom. The van der Waals surface area contributed by atoms with E-state index in [2.05, 4.69) is 9.47 Å². The van der Waals surface area contributed by atoms with E-state index in [1.165, 1.54) is 0 Å². The van der Waals surface area contributed by atoms with Crippen molar-refractivity contribution in [3.05, 3.63) is 0 Å². The van der Waals surface area contributed by atoms with Crippen LogP contribution < -0.4 is 0 Å². The molecule has 1 unspecified atom stereocenters. The van der Waals surface area contributed by atoms with Gasteiger partial charge in [-0.3, -0.25) is 0 Å². The Balaban J connectivity index is 3.37. The Hall–Kier alpha value is -0.360. The molecule has 0 rings (SSSR count). The quantitative estimate of drug-likeness (QED) is 0.616. The third-order valence-electron chi connectivity index (χ3n) is 0.881. The average molecular weight is 190 g/mol. The van der Waals surface area contributed by atoms with Crippen LogP contribution in [0.2, 0.25) is 0 Å². The summed E-state index contributed by atoms with van der Waals surface area (Å²) in [7, 11) is 0. The Morgan fingerprint density at radius 3 is 2.33 bits per heavy atom. The van der Waals surface area contributed by atoms with Gasteiger partial charge in [0.25, 0.3) is 0 Å². The van der Waals surface area contributed by atoms with Crippen LogP contribution in [0.3, 0.4) is 0 Å². The lowest BCUT2D eigenvalue weighted by molar-refractivity contribution is -0.208. The lowest BCUT2D eigenvalue weighted by Crippen LogP contribution is -2.23. The second-order valence-corrected chi connectivity index (χ2v) is 2.00. The summed E-state index contributed by atoms with van der Waals surface area (Å²) in [6.07, 6.45) is -6.50. The van der Waals surface area contributed by atoms with E-state index in [0.717, 1.165) is 0 Å². The van der Waals surface area contributed by atoms with Crippen LogP contribution in [0.25, 0.3) is 0 Å².